The molecule has 0 amide bonds. The number of benzene rings is 3. The molecule has 0 radical (unpaired) electrons. The third-order valence-corrected chi connectivity index (χ3v) is 7.83. The lowest BCUT2D eigenvalue weighted by atomic mass is 9.97. The van der Waals surface area contributed by atoms with Gasteiger partial charge in [-0.2, -0.15) is 13.2 Å². The van der Waals surface area contributed by atoms with Crippen molar-refractivity contribution in [2.75, 3.05) is 0 Å². The Hall–Kier alpha value is -3.81. The van der Waals surface area contributed by atoms with Crippen molar-refractivity contribution in [3.63, 3.8) is 0 Å². The number of fused-ring (bicyclic) bond motifs is 1. The summed E-state index contributed by atoms with van der Waals surface area (Å²) in [7, 11) is 1.72. The Bertz CT molecular complexity index is 1730. The van der Waals surface area contributed by atoms with Gasteiger partial charge in [-0.05, 0) is 73.9 Å². The van der Waals surface area contributed by atoms with Crippen LogP contribution in [0.25, 0.3) is 45.1 Å². The Balaban J connectivity index is 1.56. The number of aryl methyl sites for hydroxylation is 1. The standard InChI is InChI=1S/C28H24F5N5O2S/c1-27(2,3)41(39)37-24(28(31,32)33)17-11-21(30)23-22(12-17)35-26(40-23)16-7-5-6-15(10-16)19-9-8-18(29)13-20(19)25-36-34-14-38(25)4/h5-14,24,37H,1-4H3. The Morgan fingerprint density at radius 3 is 2.37 bits per heavy atom. The number of oxazole rings is 1. The summed E-state index contributed by atoms with van der Waals surface area (Å²) in [6.07, 6.45) is -3.38. The fourth-order valence-electron chi connectivity index (χ4n) is 4.21. The monoisotopic (exact) mass is 589 g/mol. The first-order chi connectivity index (χ1) is 19.2. The van der Waals surface area contributed by atoms with E-state index in [1.54, 1.807) is 41.9 Å². The smallest absolute Gasteiger partial charge is 0.412 e. The molecule has 0 aliphatic rings. The first kappa shape index (κ1) is 28.7. The van der Waals surface area contributed by atoms with Crippen molar-refractivity contribution in [3.8, 4) is 34.0 Å². The summed E-state index contributed by atoms with van der Waals surface area (Å²) in [4.78, 5) is 4.27. The van der Waals surface area contributed by atoms with Crippen molar-refractivity contribution in [3.05, 3.63) is 78.1 Å². The highest BCUT2D eigenvalue weighted by atomic mass is 32.2. The van der Waals surface area contributed by atoms with E-state index >= 15 is 4.39 Å². The maximum absolute atomic E-state index is 15.1. The first-order valence-electron chi connectivity index (χ1n) is 12.3. The van der Waals surface area contributed by atoms with Gasteiger partial charge in [-0.1, -0.05) is 18.2 Å². The minimum atomic E-state index is -4.86. The van der Waals surface area contributed by atoms with E-state index in [-0.39, 0.29) is 17.0 Å². The van der Waals surface area contributed by atoms with Gasteiger partial charge in [0.2, 0.25) is 5.89 Å². The summed E-state index contributed by atoms with van der Waals surface area (Å²) >= 11 is -2.09. The van der Waals surface area contributed by atoms with E-state index in [1.807, 2.05) is 0 Å². The lowest BCUT2D eigenvalue weighted by molar-refractivity contribution is -0.153. The molecule has 0 spiro atoms. The van der Waals surface area contributed by atoms with Crippen molar-refractivity contribution in [1.29, 1.82) is 0 Å². The molecule has 0 aliphatic carbocycles. The van der Waals surface area contributed by atoms with Crippen molar-refractivity contribution >= 4 is 22.5 Å². The van der Waals surface area contributed by atoms with Crippen LogP contribution in [0, 0.1) is 11.6 Å². The van der Waals surface area contributed by atoms with E-state index in [1.165, 1.54) is 39.2 Å². The molecule has 214 valence electrons. The topological polar surface area (TPSA) is 91.8 Å². The summed E-state index contributed by atoms with van der Waals surface area (Å²) in [6, 6.07) is 10.4. The fourth-order valence-corrected chi connectivity index (χ4v) is 5.05. The van der Waals surface area contributed by atoms with Crippen LogP contribution in [0.15, 0.2) is 65.3 Å². The molecule has 0 saturated heterocycles. The van der Waals surface area contributed by atoms with Gasteiger partial charge in [-0.3, -0.25) is 0 Å². The van der Waals surface area contributed by atoms with Crippen LogP contribution < -0.4 is 4.72 Å². The molecule has 5 aromatic rings. The summed E-state index contributed by atoms with van der Waals surface area (Å²) in [5.74, 6) is -1.11. The van der Waals surface area contributed by atoms with Crippen molar-refractivity contribution in [2.24, 2.45) is 7.05 Å². The van der Waals surface area contributed by atoms with E-state index in [2.05, 4.69) is 19.9 Å². The Morgan fingerprint density at radius 1 is 0.976 bits per heavy atom. The molecule has 1 N–H and O–H groups in total. The number of alkyl halides is 3. The molecule has 2 atom stereocenters. The predicted octanol–water partition coefficient (Wildman–Crippen LogP) is 6.89. The second-order valence-corrected chi connectivity index (χ2v) is 12.4. The van der Waals surface area contributed by atoms with E-state index in [0.29, 0.717) is 34.1 Å². The fraction of sp³-hybridized carbons (Fsp3) is 0.250. The van der Waals surface area contributed by atoms with Gasteiger partial charge in [0.25, 0.3) is 0 Å². The highest BCUT2D eigenvalue weighted by molar-refractivity contribution is 7.90. The summed E-state index contributed by atoms with van der Waals surface area (Å²) in [5.41, 5.74) is 1.19. The molecule has 7 nitrogen and oxygen atoms in total. The number of hydrogen-bond donors (Lipinski definition) is 1. The number of halogens is 5. The van der Waals surface area contributed by atoms with Crippen molar-refractivity contribution < 1.29 is 30.9 Å². The molecule has 41 heavy (non-hydrogen) atoms. The van der Waals surface area contributed by atoms with Gasteiger partial charge in [-0.15, -0.1) is 14.9 Å². The quantitative estimate of drug-likeness (QED) is 0.171. The third kappa shape index (κ3) is 5.83. The van der Waals surface area contributed by atoms with E-state index < -0.39 is 45.5 Å². The molecule has 2 heterocycles. The van der Waals surface area contributed by atoms with Crippen molar-refractivity contribution in [1.82, 2.24) is 24.5 Å². The van der Waals surface area contributed by atoms with Crippen LogP contribution in [0.5, 0.6) is 0 Å². The van der Waals surface area contributed by atoms with Crippen LogP contribution in [0.1, 0.15) is 32.4 Å². The number of nitrogens with one attached hydrogen (secondary N) is 1. The molecule has 2 aromatic heterocycles. The molecule has 0 bridgehead atoms. The van der Waals surface area contributed by atoms with Gasteiger partial charge in [0.15, 0.2) is 23.3 Å². The highest BCUT2D eigenvalue weighted by Gasteiger charge is 2.46. The van der Waals surface area contributed by atoms with Gasteiger partial charge in [0.1, 0.15) is 22.4 Å². The maximum atomic E-state index is 15.1. The number of hydrogen-bond acceptors (Lipinski definition) is 6. The maximum Gasteiger partial charge on any atom is 0.412 e. The number of nitrogens with zero attached hydrogens (tertiary/aromatic N) is 4. The highest BCUT2D eigenvalue weighted by Crippen LogP contribution is 2.38. The minimum Gasteiger partial charge on any atom is -0.598 e. The van der Waals surface area contributed by atoms with Gasteiger partial charge >= 0.3 is 6.18 Å². The molecule has 3 aromatic carbocycles. The number of rotatable bonds is 6. The summed E-state index contributed by atoms with van der Waals surface area (Å²) in [6.45, 7) is 4.56. The van der Waals surface area contributed by atoms with Crippen molar-refractivity contribution in [2.45, 2.75) is 37.7 Å². The second-order valence-electron chi connectivity index (χ2n) is 10.4. The van der Waals surface area contributed by atoms with Crippen LogP contribution in [0.4, 0.5) is 22.0 Å². The predicted molar refractivity (Wildman–Crippen MR) is 145 cm³/mol. The zero-order chi connectivity index (χ0) is 29.7. The van der Waals surface area contributed by atoms with Crippen LogP contribution in [-0.2, 0) is 18.4 Å². The molecule has 2 unspecified atom stereocenters. The second kappa shape index (κ2) is 10.5. The zero-order valence-corrected chi connectivity index (χ0v) is 23.1. The zero-order valence-electron chi connectivity index (χ0n) is 22.3. The number of aromatic nitrogens is 4. The van der Waals surface area contributed by atoms with E-state index in [0.717, 1.165) is 6.07 Å². The average molecular weight is 590 g/mol. The molecule has 0 saturated carbocycles. The Morgan fingerprint density at radius 2 is 1.71 bits per heavy atom. The Kier molecular flexibility index (Phi) is 7.38. The third-order valence-electron chi connectivity index (χ3n) is 6.26. The normalized spacial score (nSPS) is 14.0. The van der Waals surface area contributed by atoms with E-state index in [4.69, 9.17) is 4.42 Å². The molecule has 5 rings (SSSR count). The largest absolute Gasteiger partial charge is 0.598 e. The molecule has 0 fully saturated rings. The molecular weight excluding hydrogens is 565 g/mol. The molecule has 0 aliphatic heterocycles. The van der Waals surface area contributed by atoms with Crippen LogP contribution >= 0.6 is 0 Å². The Labute approximate surface area is 234 Å². The van der Waals surface area contributed by atoms with Crippen LogP contribution in [0.2, 0.25) is 0 Å². The first-order valence-corrected chi connectivity index (χ1v) is 13.5. The van der Waals surface area contributed by atoms with Crippen LogP contribution in [0.3, 0.4) is 0 Å². The average Bonchev–Trinajstić information content (AvgIpc) is 3.52. The lowest BCUT2D eigenvalue weighted by Crippen LogP contribution is -2.45. The lowest BCUT2D eigenvalue weighted by Gasteiger charge is -2.29. The van der Waals surface area contributed by atoms with Gasteiger partial charge < -0.3 is 13.5 Å². The molecule has 13 heteroatoms. The van der Waals surface area contributed by atoms with Gasteiger partial charge in [0.05, 0.1) is 0 Å². The van der Waals surface area contributed by atoms with Crippen LogP contribution in [-0.4, -0.2) is 35.2 Å². The van der Waals surface area contributed by atoms with Gasteiger partial charge in [-0.25, -0.2) is 13.8 Å². The summed E-state index contributed by atoms with van der Waals surface area (Å²) in [5, 5.41) is 7.93. The SMILES string of the molecule is Cn1cnnc1-c1cc(F)ccc1-c1cccc(-c2nc3cc(C(N[S+]([O-])C(C)(C)C)C(F)(F)F)cc(F)c3o2)c1. The summed E-state index contributed by atoms with van der Waals surface area (Å²) < 4.78 is 91.9. The molecular formula is C28H24F5N5O2S. The van der Waals surface area contributed by atoms with Gasteiger partial charge in [0, 0.05) is 29.5 Å². The minimum absolute atomic E-state index is 0.0324. The van der Waals surface area contributed by atoms with E-state index in [9.17, 15) is 22.1 Å².